The Hall–Kier alpha value is -1.55. The lowest BCUT2D eigenvalue weighted by Crippen LogP contribution is -2.25. The van der Waals surface area contributed by atoms with Crippen LogP contribution in [0.15, 0.2) is 55.1 Å². The summed E-state index contributed by atoms with van der Waals surface area (Å²) in [6.45, 7) is 16.7. The maximum atomic E-state index is 12.3. The average molecular weight is 864 g/mol. The van der Waals surface area contributed by atoms with E-state index in [1.165, 1.54) is 18.9 Å². The highest BCUT2D eigenvalue weighted by molar-refractivity contribution is 9.10. The molecule has 0 aliphatic carbocycles. The van der Waals surface area contributed by atoms with Crippen LogP contribution in [0.1, 0.15) is 84.8 Å². The van der Waals surface area contributed by atoms with Crippen LogP contribution >= 0.6 is 42.5 Å². The van der Waals surface area contributed by atoms with E-state index < -0.39 is 24.5 Å². The number of carbonyl (C=O) groups excluding carboxylic acids is 2. The molecule has 48 heavy (non-hydrogen) atoms. The molecule has 0 saturated carbocycles. The zero-order valence-electron chi connectivity index (χ0n) is 29.0. The molecule has 2 aromatic carbocycles. The summed E-state index contributed by atoms with van der Waals surface area (Å²) in [7, 11) is -1.82. The predicted molar refractivity (Wildman–Crippen MR) is 197 cm³/mol. The fourth-order valence-electron chi connectivity index (χ4n) is 3.71. The van der Waals surface area contributed by atoms with Crippen molar-refractivity contribution in [2.75, 3.05) is 25.5 Å². The first-order chi connectivity index (χ1) is 21.9. The number of sulfone groups is 1. The normalized spacial score (nSPS) is 13.1. The third-order valence-electron chi connectivity index (χ3n) is 5.84. The molecule has 2 N–H and O–H groups in total. The fraction of sp³-hybridized carbons (Fsp3) is 0.576. The Morgan fingerprint density at radius 3 is 1.56 bits per heavy atom. The molecule has 0 spiro atoms. The number of hydrogen-bond acceptors (Lipinski definition) is 10. The molecule has 1 heterocycles. The van der Waals surface area contributed by atoms with Crippen molar-refractivity contribution in [3.63, 3.8) is 0 Å². The Labute approximate surface area is 308 Å². The van der Waals surface area contributed by atoms with E-state index >= 15 is 0 Å². The highest BCUT2D eigenvalue weighted by atomic mass is 79.9. The van der Waals surface area contributed by atoms with Crippen molar-refractivity contribution < 1.29 is 40.6 Å². The molecule has 3 rings (SSSR count). The maximum absolute atomic E-state index is 12.3. The molecule has 2 aromatic rings. The van der Waals surface area contributed by atoms with Gasteiger partial charge in [-0.15, -0.1) is 0 Å². The number of benzene rings is 2. The lowest BCUT2D eigenvalue weighted by atomic mass is 10.2. The SMILES string of the molecule is C1CCOC1.CC(C)(C)OC(=O)CCN.Cc1c(Br)cccc1S(=O)(=O)CCCC(=O)OC(C)(C)C.Cc1c(Br)cccc1S(=O)(=O)Cl. The number of rotatable bonds is 8. The Balaban J connectivity index is 0.000000688. The molecule has 0 bridgehead atoms. The summed E-state index contributed by atoms with van der Waals surface area (Å²) in [6.07, 6.45) is 3.21. The number of ether oxygens (including phenoxy) is 3. The summed E-state index contributed by atoms with van der Waals surface area (Å²) in [5.74, 6) is -0.664. The molecule has 1 saturated heterocycles. The molecular formula is C33H50Br2ClNO9S2. The van der Waals surface area contributed by atoms with Gasteiger partial charge in [0.15, 0.2) is 9.84 Å². The minimum absolute atomic E-state index is 0.0659. The number of halogens is 3. The molecule has 0 aromatic heterocycles. The molecule has 0 amide bonds. The molecular weight excluding hydrogens is 814 g/mol. The van der Waals surface area contributed by atoms with Crippen LogP contribution in [0.25, 0.3) is 0 Å². The Bertz CT molecular complexity index is 1530. The summed E-state index contributed by atoms with van der Waals surface area (Å²) in [6, 6.07) is 9.95. The van der Waals surface area contributed by atoms with E-state index in [1.807, 2.05) is 20.8 Å². The van der Waals surface area contributed by atoms with Crippen molar-refractivity contribution in [1.29, 1.82) is 0 Å². The van der Waals surface area contributed by atoms with Gasteiger partial charge in [-0.1, -0.05) is 44.0 Å². The van der Waals surface area contributed by atoms with Gasteiger partial charge in [-0.05, 0) is 110 Å². The molecule has 1 fully saturated rings. The van der Waals surface area contributed by atoms with Gasteiger partial charge < -0.3 is 19.9 Å². The summed E-state index contributed by atoms with van der Waals surface area (Å²) >= 11 is 6.54. The van der Waals surface area contributed by atoms with Gasteiger partial charge >= 0.3 is 11.9 Å². The second-order valence-electron chi connectivity index (χ2n) is 12.6. The van der Waals surface area contributed by atoms with Gasteiger partial charge in [-0.25, -0.2) is 16.8 Å². The van der Waals surface area contributed by atoms with E-state index in [0.29, 0.717) is 29.0 Å². The Morgan fingerprint density at radius 2 is 1.21 bits per heavy atom. The van der Waals surface area contributed by atoms with E-state index in [2.05, 4.69) is 31.9 Å². The minimum Gasteiger partial charge on any atom is -0.460 e. The summed E-state index contributed by atoms with van der Waals surface area (Å²) in [5, 5.41) is 0. The van der Waals surface area contributed by atoms with Crippen LogP contribution in [-0.4, -0.2) is 65.5 Å². The predicted octanol–water partition coefficient (Wildman–Crippen LogP) is 7.81. The second-order valence-corrected chi connectivity index (χ2v) is 18.9. The molecule has 10 nitrogen and oxygen atoms in total. The van der Waals surface area contributed by atoms with Crippen molar-refractivity contribution in [1.82, 2.24) is 0 Å². The zero-order valence-corrected chi connectivity index (χ0v) is 34.6. The summed E-state index contributed by atoms with van der Waals surface area (Å²) < 4.78 is 63.1. The highest BCUT2D eigenvalue weighted by Gasteiger charge is 2.21. The second kappa shape index (κ2) is 21.6. The van der Waals surface area contributed by atoms with Crippen molar-refractivity contribution in [3.05, 3.63) is 56.5 Å². The van der Waals surface area contributed by atoms with Crippen LogP contribution in [0, 0.1) is 13.8 Å². The minimum atomic E-state index is -3.61. The van der Waals surface area contributed by atoms with Gasteiger partial charge in [-0.3, -0.25) is 9.59 Å². The standard InChI is InChI=1S/C15H21BrO4S.C7H6BrClO2S.C7H15NO2.C4H8O/c1-11-12(16)7-5-8-13(11)21(18,19)10-6-9-14(17)20-15(2,3)4;1-5-6(8)3-2-4-7(5)12(9,10)11;1-7(2,3)10-6(9)4-5-8;1-2-4-5-3-1/h5,7-8H,6,9-10H2,1-4H3;2-4H,1H3;4-5,8H2,1-3H3;1-4H2. The lowest BCUT2D eigenvalue weighted by Gasteiger charge is -2.19. The van der Waals surface area contributed by atoms with Crippen LogP contribution in [0.4, 0.5) is 0 Å². The molecule has 15 heteroatoms. The number of hydrogen-bond donors (Lipinski definition) is 1. The Kier molecular flexibility index (Phi) is 20.9. The van der Waals surface area contributed by atoms with Crippen molar-refractivity contribution in [2.45, 2.75) is 108 Å². The van der Waals surface area contributed by atoms with Gasteiger partial charge in [0, 0.05) is 45.8 Å². The summed E-state index contributed by atoms with van der Waals surface area (Å²) in [4.78, 5) is 22.8. The molecule has 1 aliphatic heterocycles. The van der Waals surface area contributed by atoms with Gasteiger partial charge in [0.25, 0.3) is 9.05 Å². The smallest absolute Gasteiger partial charge is 0.307 e. The monoisotopic (exact) mass is 861 g/mol. The van der Waals surface area contributed by atoms with Gasteiger partial charge in [0.2, 0.25) is 0 Å². The van der Waals surface area contributed by atoms with E-state index in [1.54, 1.807) is 65.0 Å². The maximum Gasteiger partial charge on any atom is 0.307 e. The summed E-state index contributed by atoms with van der Waals surface area (Å²) in [5.41, 5.74) is 5.54. The van der Waals surface area contributed by atoms with Crippen LogP contribution in [0.5, 0.6) is 0 Å². The van der Waals surface area contributed by atoms with Gasteiger partial charge in [-0.2, -0.15) is 0 Å². The van der Waals surface area contributed by atoms with Crippen molar-refractivity contribution in [3.8, 4) is 0 Å². The first kappa shape index (κ1) is 46.5. The van der Waals surface area contributed by atoms with Gasteiger partial charge in [0.1, 0.15) is 11.2 Å². The lowest BCUT2D eigenvalue weighted by molar-refractivity contribution is -0.155. The van der Waals surface area contributed by atoms with Crippen LogP contribution in [0.2, 0.25) is 0 Å². The highest BCUT2D eigenvalue weighted by Crippen LogP contribution is 2.26. The third kappa shape index (κ3) is 20.8. The number of nitrogens with two attached hydrogens (primary N) is 1. The molecule has 0 radical (unpaired) electrons. The van der Waals surface area contributed by atoms with Crippen molar-refractivity contribution >= 4 is 73.4 Å². The zero-order chi connectivity index (χ0) is 37.3. The largest absolute Gasteiger partial charge is 0.460 e. The number of carbonyl (C=O) groups is 2. The molecule has 0 unspecified atom stereocenters. The van der Waals surface area contributed by atoms with Crippen LogP contribution in [0.3, 0.4) is 0 Å². The molecule has 1 aliphatic rings. The Morgan fingerprint density at radius 1 is 0.792 bits per heavy atom. The number of esters is 2. The molecule has 0 atom stereocenters. The van der Waals surface area contributed by atoms with E-state index in [-0.39, 0.29) is 41.0 Å². The van der Waals surface area contributed by atoms with Crippen LogP contribution < -0.4 is 5.73 Å². The van der Waals surface area contributed by atoms with E-state index in [0.717, 1.165) is 22.2 Å². The topological polar surface area (TPSA) is 156 Å². The van der Waals surface area contributed by atoms with Crippen molar-refractivity contribution in [2.24, 2.45) is 5.73 Å². The first-order valence-electron chi connectivity index (χ1n) is 15.3. The third-order valence-corrected chi connectivity index (χ3v) is 11.0. The fourth-order valence-corrected chi connectivity index (χ4v) is 7.53. The van der Waals surface area contributed by atoms with Gasteiger partial charge in [0.05, 0.1) is 22.0 Å². The molecule has 274 valence electrons. The van der Waals surface area contributed by atoms with E-state index in [9.17, 15) is 26.4 Å². The van der Waals surface area contributed by atoms with Crippen LogP contribution in [-0.2, 0) is 42.7 Å². The first-order valence-corrected chi connectivity index (χ1v) is 20.8. The average Bonchev–Trinajstić information content (AvgIpc) is 3.50. The van der Waals surface area contributed by atoms with E-state index in [4.69, 9.17) is 30.6 Å². The quantitative estimate of drug-likeness (QED) is 0.205.